The third-order valence-electron chi connectivity index (χ3n) is 2.94. The van der Waals surface area contributed by atoms with Gasteiger partial charge >= 0.3 is 0 Å². The van der Waals surface area contributed by atoms with Crippen molar-refractivity contribution < 1.29 is 0 Å². The standard InChI is InChI=1S/C14H17ClINS/c1-8(2)17(9(3)4)13-7-10-11(15)5-6-12(16)14(10)18-13/h5-9H,1-4H3. The van der Waals surface area contributed by atoms with E-state index in [1.165, 1.54) is 18.7 Å². The van der Waals surface area contributed by atoms with Crippen molar-refractivity contribution in [1.82, 2.24) is 0 Å². The lowest BCUT2D eigenvalue weighted by atomic mass is 10.2. The van der Waals surface area contributed by atoms with E-state index in [2.05, 4.69) is 67.3 Å². The first kappa shape index (κ1) is 14.4. The lowest BCUT2D eigenvalue weighted by Crippen LogP contribution is -2.36. The van der Waals surface area contributed by atoms with Crippen molar-refractivity contribution in [2.75, 3.05) is 4.90 Å². The van der Waals surface area contributed by atoms with Gasteiger partial charge in [-0.1, -0.05) is 11.6 Å². The molecule has 1 nitrogen and oxygen atoms in total. The Morgan fingerprint density at radius 2 is 1.78 bits per heavy atom. The summed E-state index contributed by atoms with van der Waals surface area (Å²) in [5.41, 5.74) is 0. The van der Waals surface area contributed by atoms with Crippen molar-refractivity contribution >= 4 is 60.6 Å². The Morgan fingerprint density at radius 1 is 1.17 bits per heavy atom. The van der Waals surface area contributed by atoms with Gasteiger partial charge in [0.25, 0.3) is 0 Å². The Bertz CT molecular complexity index is 515. The first-order valence-electron chi connectivity index (χ1n) is 6.07. The minimum atomic E-state index is 0.495. The molecule has 0 amide bonds. The van der Waals surface area contributed by atoms with E-state index in [9.17, 15) is 0 Å². The molecule has 0 aliphatic heterocycles. The molecule has 4 heteroatoms. The lowest BCUT2D eigenvalue weighted by molar-refractivity contribution is 0.613. The molecule has 0 radical (unpaired) electrons. The molecule has 0 unspecified atom stereocenters. The average molecular weight is 394 g/mol. The summed E-state index contributed by atoms with van der Waals surface area (Å²) in [4.78, 5) is 2.44. The van der Waals surface area contributed by atoms with E-state index in [1.807, 2.05) is 17.4 Å². The van der Waals surface area contributed by atoms with E-state index in [0.29, 0.717) is 12.1 Å². The first-order chi connectivity index (χ1) is 8.41. The molecule has 0 aliphatic carbocycles. The first-order valence-corrected chi connectivity index (χ1v) is 8.35. The van der Waals surface area contributed by atoms with Crippen LogP contribution in [0.1, 0.15) is 27.7 Å². The predicted octanol–water partition coefficient (Wildman–Crippen LogP) is 5.78. The molecular formula is C14H17ClINS. The third-order valence-corrected chi connectivity index (χ3v) is 5.71. The van der Waals surface area contributed by atoms with Crippen molar-refractivity contribution in [2.24, 2.45) is 0 Å². The summed E-state index contributed by atoms with van der Waals surface area (Å²) < 4.78 is 2.57. The van der Waals surface area contributed by atoms with Gasteiger partial charge in [0.1, 0.15) is 0 Å². The molecule has 1 aromatic heterocycles. The molecule has 18 heavy (non-hydrogen) atoms. The molecule has 0 aliphatic rings. The minimum Gasteiger partial charge on any atom is -0.359 e. The number of fused-ring (bicyclic) bond motifs is 1. The molecule has 0 spiro atoms. The van der Waals surface area contributed by atoms with Crippen LogP contribution in [0.25, 0.3) is 10.1 Å². The van der Waals surface area contributed by atoms with Gasteiger partial charge in [0.15, 0.2) is 0 Å². The summed E-state index contributed by atoms with van der Waals surface area (Å²) in [7, 11) is 0. The summed E-state index contributed by atoms with van der Waals surface area (Å²) in [6.07, 6.45) is 0. The maximum Gasteiger partial charge on any atom is 0.0926 e. The summed E-state index contributed by atoms with van der Waals surface area (Å²) in [5, 5.41) is 3.33. The molecule has 2 aromatic rings. The number of halogens is 2. The third kappa shape index (κ3) is 2.63. The zero-order valence-electron chi connectivity index (χ0n) is 11.0. The quantitative estimate of drug-likeness (QED) is 0.597. The Balaban J connectivity index is 2.59. The van der Waals surface area contributed by atoms with Gasteiger partial charge in [0.2, 0.25) is 0 Å². The molecule has 1 aromatic carbocycles. The fourth-order valence-corrected chi connectivity index (χ4v) is 4.70. The molecule has 0 saturated heterocycles. The molecule has 0 N–H and O–H groups in total. The molecular weight excluding hydrogens is 377 g/mol. The summed E-state index contributed by atoms with van der Waals surface area (Å²) in [6.45, 7) is 8.93. The lowest BCUT2D eigenvalue weighted by Gasteiger charge is -2.31. The van der Waals surface area contributed by atoms with Crippen molar-refractivity contribution in [3.05, 3.63) is 26.8 Å². The number of nitrogens with zero attached hydrogens (tertiary/aromatic N) is 1. The molecule has 0 bridgehead atoms. The number of rotatable bonds is 3. The molecule has 0 atom stereocenters. The maximum atomic E-state index is 6.29. The van der Waals surface area contributed by atoms with Crippen LogP contribution in [0.15, 0.2) is 18.2 Å². The fourth-order valence-electron chi connectivity index (χ4n) is 2.28. The molecule has 1 heterocycles. The van der Waals surface area contributed by atoms with E-state index in [0.717, 1.165) is 5.02 Å². The van der Waals surface area contributed by atoms with Crippen LogP contribution in [0.3, 0.4) is 0 Å². The van der Waals surface area contributed by atoms with Crippen molar-refractivity contribution in [1.29, 1.82) is 0 Å². The van der Waals surface area contributed by atoms with Gasteiger partial charge < -0.3 is 4.90 Å². The van der Waals surface area contributed by atoms with Gasteiger partial charge in [-0.2, -0.15) is 0 Å². The van der Waals surface area contributed by atoms with Crippen LogP contribution in [0.4, 0.5) is 5.00 Å². The zero-order valence-corrected chi connectivity index (χ0v) is 14.7. The van der Waals surface area contributed by atoms with Crippen LogP contribution < -0.4 is 4.90 Å². The Labute approximate surface area is 131 Å². The van der Waals surface area contributed by atoms with E-state index in [4.69, 9.17) is 11.6 Å². The predicted molar refractivity (Wildman–Crippen MR) is 92.3 cm³/mol. The van der Waals surface area contributed by atoms with Crippen LogP contribution in [-0.4, -0.2) is 12.1 Å². The van der Waals surface area contributed by atoms with Gasteiger partial charge in [-0.15, -0.1) is 11.3 Å². The number of anilines is 1. The summed E-state index contributed by atoms with van der Waals surface area (Å²) >= 11 is 10.5. The highest BCUT2D eigenvalue weighted by atomic mass is 127. The van der Waals surface area contributed by atoms with Crippen molar-refractivity contribution in [2.45, 2.75) is 39.8 Å². The van der Waals surface area contributed by atoms with Crippen LogP contribution in [-0.2, 0) is 0 Å². The van der Waals surface area contributed by atoms with Gasteiger partial charge in [0.05, 0.1) is 9.70 Å². The smallest absolute Gasteiger partial charge is 0.0926 e. The van der Waals surface area contributed by atoms with E-state index < -0.39 is 0 Å². The second-order valence-electron chi connectivity index (χ2n) is 4.95. The average Bonchev–Trinajstić information content (AvgIpc) is 2.68. The topological polar surface area (TPSA) is 3.24 Å². The Kier molecular flexibility index (Phi) is 4.44. The van der Waals surface area contributed by atoms with Gasteiger partial charge in [-0.25, -0.2) is 0 Å². The SMILES string of the molecule is CC(C)N(c1cc2c(Cl)ccc(I)c2s1)C(C)C. The van der Waals surface area contributed by atoms with E-state index >= 15 is 0 Å². The minimum absolute atomic E-state index is 0.495. The second-order valence-corrected chi connectivity index (χ2v) is 7.55. The van der Waals surface area contributed by atoms with Crippen LogP contribution >= 0.6 is 45.5 Å². The highest BCUT2D eigenvalue weighted by Crippen LogP contribution is 2.40. The Morgan fingerprint density at radius 3 is 2.28 bits per heavy atom. The molecule has 2 rings (SSSR count). The number of hydrogen-bond donors (Lipinski definition) is 0. The Hall–Kier alpha value is -0.0000000000000000833. The van der Waals surface area contributed by atoms with Gasteiger partial charge in [-0.05, 0) is 68.5 Å². The summed E-state index contributed by atoms with van der Waals surface area (Å²) in [5.74, 6) is 0. The molecule has 0 saturated carbocycles. The van der Waals surface area contributed by atoms with E-state index in [-0.39, 0.29) is 0 Å². The van der Waals surface area contributed by atoms with Crippen molar-refractivity contribution in [3.63, 3.8) is 0 Å². The van der Waals surface area contributed by atoms with Crippen LogP contribution in [0.2, 0.25) is 5.02 Å². The number of thiophene rings is 1. The van der Waals surface area contributed by atoms with Crippen LogP contribution in [0, 0.1) is 3.57 Å². The number of hydrogen-bond acceptors (Lipinski definition) is 2. The monoisotopic (exact) mass is 393 g/mol. The van der Waals surface area contributed by atoms with E-state index in [1.54, 1.807) is 0 Å². The van der Waals surface area contributed by atoms with Gasteiger partial charge in [-0.3, -0.25) is 0 Å². The summed E-state index contributed by atoms with van der Waals surface area (Å²) in [6, 6.07) is 7.28. The fraction of sp³-hybridized carbons (Fsp3) is 0.429. The molecule has 98 valence electrons. The largest absolute Gasteiger partial charge is 0.359 e. The van der Waals surface area contributed by atoms with Crippen molar-refractivity contribution in [3.8, 4) is 0 Å². The van der Waals surface area contributed by atoms with Gasteiger partial charge in [0, 0.05) is 26.1 Å². The normalized spacial score (nSPS) is 11.8. The van der Waals surface area contributed by atoms with Crippen LogP contribution in [0.5, 0.6) is 0 Å². The molecule has 0 fully saturated rings. The number of benzene rings is 1. The zero-order chi connectivity index (χ0) is 13.4. The second kappa shape index (κ2) is 5.55. The highest BCUT2D eigenvalue weighted by molar-refractivity contribution is 14.1. The highest BCUT2D eigenvalue weighted by Gasteiger charge is 2.18. The maximum absolute atomic E-state index is 6.29.